The Hall–Kier alpha value is -0.410. The monoisotopic (exact) mass is 237 g/mol. The van der Waals surface area contributed by atoms with Crippen LogP contribution in [0.4, 0.5) is 0 Å². The maximum atomic E-state index is 6.48. The first-order chi connectivity index (χ1) is 7.67. The van der Waals surface area contributed by atoms with Gasteiger partial charge in [-0.3, -0.25) is 0 Å². The van der Waals surface area contributed by atoms with Crippen molar-refractivity contribution in [2.24, 2.45) is 17.1 Å². The summed E-state index contributed by atoms with van der Waals surface area (Å²) >= 11 is 1.69. The van der Waals surface area contributed by atoms with Gasteiger partial charge in [0.2, 0.25) is 0 Å². The van der Waals surface area contributed by atoms with Crippen molar-refractivity contribution in [3.63, 3.8) is 0 Å². The van der Waals surface area contributed by atoms with E-state index >= 15 is 0 Å². The van der Waals surface area contributed by atoms with Crippen LogP contribution >= 0.6 is 11.3 Å². The summed E-state index contributed by atoms with van der Waals surface area (Å²) in [6.45, 7) is 4.60. The Morgan fingerprint density at radius 3 is 2.81 bits per heavy atom. The molecule has 1 aromatic heterocycles. The lowest BCUT2D eigenvalue weighted by Crippen LogP contribution is -2.40. The predicted octanol–water partition coefficient (Wildman–Crippen LogP) is 3.56. The third-order valence-corrected chi connectivity index (χ3v) is 4.92. The molecule has 1 aliphatic rings. The number of rotatable bonds is 3. The van der Waals surface area contributed by atoms with E-state index in [1.54, 1.807) is 11.3 Å². The van der Waals surface area contributed by atoms with Crippen LogP contribution in [0.3, 0.4) is 0 Å². The molecule has 2 N–H and O–H groups in total. The first kappa shape index (κ1) is 12.1. The van der Waals surface area contributed by atoms with Crippen LogP contribution < -0.4 is 5.73 Å². The first-order valence-corrected chi connectivity index (χ1v) is 7.01. The molecule has 0 bridgehead atoms. The van der Waals surface area contributed by atoms with Crippen molar-refractivity contribution in [1.29, 1.82) is 0 Å². The van der Waals surface area contributed by atoms with E-state index in [2.05, 4.69) is 25.3 Å². The van der Waals surface area contributed by atoms with Crippen molar-refractivity contribution >= 4 is 11.3 Å². The van der Waals surface area contributed by atoms with E-state index in [0.29, 0.717) is 5.92 Å². The van der Waals surface area contributed by atoms with E-state index < -0.39 is 0 Å². The van der Waals surface area contributed by atoms with E-state index in [-0.39, 0.29) is 11.5 Å². The molecule has 0 spiro atoms. The number of hydrogen-bond acceptors (Lipinski definition) is 3. The fourth-order valence-corrected chi connectivity index (χ4v) is 3.61. The number of hydrogen-bond donors (Lipinski definition) is 1. The molecule has 1 aromatic rings. The molecule has 2 atom stereocenters. The minimum atomic E-state index is 0.101. The van der Waals surface area contributed by atoms with Gasteiger partial charge in [0.05, 0.1) is 6.04 Å². The maximum absolute atomic E-state index is 6.48. The fourth-order valence-electron chi connectivity index (χ4n) is 2.85. The Morgan fingerprint density at radius 1 is 1.50 bits per heavy atom. The van der Waals surface area contributed by atoms with Gasteiger partial charge >= 0.3 is 0 Å². The quantitative estimate of drug-likeness (QED) is 0.873. The zero-order chi connectivity index (χ0) is 11.6. The molecule has 0 aromatic carbocycles. The van der Waals surface area contributed by atoms with Crippen molar-refractivity contribution in [2.45, 2.75) is 45.6 Å². The zero-order valence-corrected chi connectivity index (χ0v) is 11.0. The minimum Gasteiger partial charge on any atom is -0.321 e. The molecule has 1 aliphatic carbocycles. The summed E-state index contributed by atoms with van der Waals surface area (Å²) in [5.41, 5.74) is 6.71. The molecule has 1 saturated carbocycles. The summed E-state index contributed by atoms with van der Waals surface area (Å²) < 4.78 is 0. The molecule has 3 heteroatoms. The molecule has 16 heavy (non-hydrogen) atoms. The van der Waals surface area contributed by atoms with E-state index in [9.17, 15) is 0 Å². The normalized spacial score (nSPS) is 22.2. The Kier molecular flexibility index (Phi) is 3.65. The third kappa shape index (κ3) is 2.03. The summed E-state index contributed by atoms with van der Waals surface area (Å²) in [4.78, 5) is 4.40. The van der Waals surface area contributed by atoms with Crippen LogP contribution in [0.15, 0.2) is 11.6 Å². The van der Waals surface area contributed by atoms with Gasteiger partial charge in [-0.1, -0.05) is 26.7 Å². The SMILES string of the molecule is CC(C)C1(C(N)c2nccs2)C[CH]CCC1. The third-order valence-electron chi connectivity index (χ3n) is 4.06. The Morgan fingerprint density at radius 2 is 2.31 bits per heavy atom. The van der Waals surface area contributed by atoms with E-state index in [1.807, 2.05) is 11.6 Å². The van der Waals surface area contributed by atoms with Crippen molar-refractivity contribution < 1.29 is 0 Å². The number of nitrogens with zero attached hydrogens (tertiary/aromatic N) is 1. The lowest BCUT2D eigenvalue weighted by molar-refractivity contribution is 0.103. The summed E-state index contributed by atoms with van der Waals surface area (Å²) in [6.07, 6.45) is 9.18. The maximum Gasteiger partial charge on any atom is 0.110 e. The van der Waals surface area contributed by atoms with Crippen molar-refractivity contribution in [3.05, 3.63) is 23.0 Å². The molecule has 2 rings (SSSR count). The minimum absolute atomic E-state index is 0.101. The second-order valence-corrected chi connectivity index (χ2v) is 6.05. The van der Waals surface area contributed by atoms with Gasteiger partial charge in [0.15, 0.2) is 0 Å². The Labute approximate surface area is 102 Å². The Bertz CT molecular complexity index is 313. The van der Waals surface area contributed by atoms with Crippen LogP contribution in [0.1, 0.15) is 50.6 Å². The van der Waals surface area contributed by atoms with E-state index in [0.717, 1.165) is 11.4 Å². The molecule has 0 saturated heterocycles. The fraction of sp³-hybridized carbons (Fsp3) is 0.692. The summed E-state index contributed by atoms with van der Waals surface area (Å²) in [7, 11) is 0. The van der Waals surface area contributed by atoms with Gasteiger partial charge in [-0.15, -0.1) is 11.3 Å². The summed E-state index contributed by atoms with van der Waals surface area (Å²) in [6, 6.07) is 0.101. The molecule has 1 heterocycles. The van der Waals surface area contributed by atoms with Gasteiger partial charge in [0.25, 0.3) is 0 Å². The smallest absolute Gasteiger partial charge is 0.110 e. The van der Waals surface area contributed by atoms with Crippen LogP contribution in [0.5, 0.6) is 0 Å². The first-order valence-electron chi connectivity index (χ1n) is 6.13. The summed E-state index contributed by atoms with van der Waals surface area (Å²) in [5.74, 6) is 0.614. The van der Waals surface area contributed by atoms with Gasteiger partial charge < -0.3 is 5.73 Å². The second kappa shape index (κ2) is 4.84. The van der Waals surface area contributed by atoms with Gasteiger partial charge in [0, 0.05) is 11.6 Å². The van der Waals surface area contributed by atoms with Crippen molar-refractivity contribution in [2.75, 3.05) is 0 Å². The highest BCUT2D eigenvalue weighted by molar-refractivity contribution is 7.09. The number of aromatic nitrogens is 1. The Balaban J connectivity index is 2.25. The van der Waals surface area contributed by atoms with Crippen molar-refractivity contribution in [1.82, 2.24) is 4.98 Å². The van der Waals surface area contributed by atoms with Gasteiger partial charge in [-0.2, -0.15) is 0 Å². The van der Waals surface area contributed by atoms with Crippen molar-refractivity contribution in [3.8, 4) is 0 Å². The lowest BCUT2D eigenvalue weighted by atomic mass is 9.63. The van der Waals surface area contributed by atoms with Crippen LogP contribution in [0.25, 0.3) is 0 Å². The van der Waals surface area contributed by atoms with Crippen LogP contribution in [-0.4, -0.2) is 4.98 Å². The largest absolute Gasteiger partial charge is 0.321 e. The predicted molar refractivity (Wildman–Crippen MR) is 69.1 cm³/mol. The van der Waals surface area contributed by atoms with Gasteiger partial charge in [-0.05, 0) is 30.6 Å². The zero-order valence-electron chi connectivity index (χ0n) is 10.1. The molecule has 2 nitrogen and oxygen atoms in total. The van der Waals surface area contributed by atoms with Crippen LogP contribution in [-0.2, 0) is 0 Å². The molecule has 89 valence electrons. The highest BCUT2D eigenvalue weighted by atomic mass is 32.1. The average Bonchev–Trinajstić information content (AvgIpc) is 2.82. The molecular formula is C13H21N2S. The second-order valence-electron chi connectivity index (χ2n) is 5.12. The van der Waals surface area contributed by atoms with E-state index in [4.69, 9.17) is 5.73 Å². The van der Waals surface area contributed by atoms with Gasteiger partial charge in [0.1, 0.15) is 5.01 Å². The van der Waals surface area contributed by atoms with Gasteiger partial charge in [-0.25, -0.2) is 4.98 Å². The molecular weight excluding hydrogens is 216 g/mol. The highest BCUT2D eigenvalue weighted by Crippen LogP contribution is 2.49. The van der Waals surface area contributed by atoms with Crippen LogP contribution in [0, 0.1) is 17.8 Å². The molecule has 2 unspecified atom stereocenters. The topological polar surface area (TPSA) is 38.9 Å². The summed E-state index contributed by atoms with van der Waals surface area (Å²) in [5, 5.41) is 3.12. The molecule has 1 radical (unpaired) electrons. The standard InChI is InChI=1S/C13H21N2S/c1-10(2)13(6-4-3-5-7-13)11(14)12-15-8-9-16-12/h4,8-11H,3,5-7,14H2,1-2H3. The lowest BCUT2D eigenvalue weighted by Gasteiger charge is -2.44. The van der Waals surface area contributed by atoms with E-state index in [1.165, 1.54) is 19.3 Å². The molecule has 0 amide bonds. The number of nitrogens with two attached hydrogens (primary N) is 1. The highest BCUT2D eigenvalue weighted by Gasteiger charge is 2.42. The van der Waals surface area contributed by atoms with Crippen LogP contribution in [0.2, 0.25) is 0 Å². The number of thiazole rings is 1. The molecule has 1 fully saturated rings. The molecule has 0 aliphatic heterocycles. The average molecular weight is 237 g/mol.